The number of ether oxygens (including phenoxy) is 3. The summed E-state index contributed by atoms with van der Waals surface area (Å²) in [6.07, 6.45) is 38.2. The predicted molar refractivity (Wildman–Crippen MR) is 238 cm³/mol. The largest absolute Gasteiger partial charge is 0.494 e. The van der Waals surface area contributed by atoms with Crippen LogP contribution in [0, 0.1) is 0 Å². The summed E-state index contributed by atoms with van der Waals surface area (Å²) in [4.78, 5) is 35.7. The molecule has 0 radical (unpaired) electrons. The van der Waals surface area contributed by atoms with Crippen LogP contribution < -0.4 is 9.47 Å². The molecule has 9 nitrogen and oxygen atoms in total. The van der Waals surface area contributed by atoms with Crippen LogP contribution in [-0.4, -0.2) is 66.9 Å². The first-order valence-electron chi connectivity index (χ1n) is 23.9. The second kappa shape index (κ2) is 39.6. The van der Waals surface area contributed by atoms with Gasteiger partial charge in [0.05, 0.1) is 13.2 Å². The second-order valence-electron chi connectivity index (χ2n) is 16.9. The van der Waals surface area contributed by atoms with Gasteiger partial charge in [-0.25, -0.2) is 0 Å². The fraction of sp³-hybridized carbons (Fsp3) is 0.816. The normalized spacial score (nSPS) is 11.3. The topological polar surface area (TPSA) is 123 Å². The first-order chi connectivity index (χ1) is 28.3. The molecule has 0 aromatic heterocycles. The van der Waals surface area contributed by atoms with E-state index in [2.05, 4.69) is 4.90 Å². The van der Waals surface area contributed by atoms with Crippen molar-refractivity contribution in [2.75, 3.05) is 33.9 Å². The minimum absolute atomic E-state index is 0.181. The van der Waals surface area contributed by atoms with Crippen LogP contribution in [0.1, 0.15) is 224 Å². The summed E-state index contributed by atoms with van der Waals surface area (Å²) < 4.78 is 18.0. The Morgan fingerprint density at radius 2 is 0.828 bits per heavy atom. The number of esters is 1. The molecule has 0 spiro atoms. The predicted octanol–water partition coefficient (Wildman–Crippen LogP) is 13.5. The van der Waals surface area contributed by atoms with Crippen molar-refractivity contribution < 1.29 is 38.8 Å². The van der Waals surface area contributed by atoms with E-state index in [9.17, 15) is 14.4 Å². The van der Waals surface area contributed by atoms with Gasteiger partial charge in [-0.05, 0) is 70.9 Å². The van der Waals surface area contributed by atoms with Gasteiger partial charge in [-0.3, -0.25) is 14.4 Å². The van der Waals surface area contributed by atoms with E-state index < -0.39 is 11.9 Å². The maximum absolute atomic E-state index is 12.5. The summed E-state index contributed by atoms with van der Waals surface area (Å²) in [6.45, 7) is 2.39. The lowest BCUT2D eigenvalue weighted by Crippen LogP contribution is -2.15. The van der Waals surface area contributed by atoms with Gasteiger partial charge in [0.1, 0.15) is 18.1 Å². The Bertz CT molecular complexity index is 1130. The summed E-state index contributed by atoms with van der Waals surface area (Å²) in [5.41, 5.74) is 0.863. The monoisotopic (exact) mass is 818 g/mol. The molecule has 0 atom stereocenters. The molecule has 0 bridgehead atoms. The highest BCUT2D eigenvalue weighted by Crippen LogP contribution is 2.26. The SMILES string of the molecule is CN(C)CCCC(=O)OCc1cc(OCCCCCCCCCCCCCCCCCC(=O)O)ccc1OCCCCCCCCCCCCCCCCCC(=O)O. The molecule has 0 unspecified atom stereocenters. The third kappa shape index (κ3) is 36.3. The van der Waals surface area contributed by atoms with E-state index in [1.165, 1.54) is 148 Å². The van der Waals surface area contributed by atoms with Crippen molar-refractivity contribution in [3.8, 4) is 11.5 Å². The third-order valence-electron chi connectivity index (χ3n) is 11.0. The maximum Gasteiger partial charge on any atom is 0.306 e. The molecule has 0 saturated heterocycles. The molecule has 9 heteroatoms. The number of hydrogen-bond acceptors (Lipinski definition) is 7. The summed E-state index contributed by atoms with van der Waals surface area (Å²) in [5, 5.41) is 17.4. The third-order valence-corrected chi connectivity index (χ3v) is 11.0. The van der Waals surface area contributed by atoms with E-state index in [4.69, 9.17) is 24.4 Å². The van der Waals surface area contributed by atoms with Gasteiger partial charge in [-0.1, -0.05) is 167 Å². The van der Waals surface area contributed by atoms with Crippen LogP contribution in [0.2, 0.25) is 0 Å². The van der Waals surface area contributed by atoms with Crippen LogP contribution in [0.5, 0.6) is 11.5 Å². The van der Waals surface area contributed by atoms with Crippen molar-refractivity contribution in [2.24, 2.45) is 0 Å². The first kappa shape index (κ1) is 53.2. The molecule has 0 heterocycles. The number of carboxylic acid groups (broad SMARTS) is 2. The molecule has 58 heavy (non-hydrogen) atoms. The highest BCUT2D eigenvalue weighted by molar-refractivity contribution is 5.69. The smallest absolute Gasteiger partial charge is 0.306 e. The second-order valence-corrected chi connectivity index (χ2v) is 16.9. The van der Waals surface area contributed by atoms with Crippen molar-refractivity contribution in [3.63, 3.8) is 0 Å². The minimum Gasteiger partial charge on any atom is -0.494 e. The lowest BCUT2D eigenvalue weighted by atomic mass is 10.0. The van der Waals surface area contributed by atoms with Gasteiger partial charge in [-0.2, -0.15) is 0 Å². The molecular weight excluding hydrogens is 731 g/mol. The van der Waals surface area contributed by atoms with Crippen LogP contribution in [0.15, 0.2) is 18.2 Å². The lowest BCUT2D eigenvalue weighted by molar-refractivity contribution is -0.145. The number of aliphatic carboxylic acids is 2. The van der Waals surface area contributed by atoms with Crippen molar-refractivity contribution in [1.29, 1.82) is 0 Å². The average Bonchev–Trinajstić information content (AvgIpc) is 3.19. The van der Waals surface area contributed by atoms with Crippen LogP contribution in [-0.2, 0) is 25.7 Å². The van der Waals surface area contributed by atoms with Gasteiger partial charge >= 0.3 is 17.9 Å². The highest BCUT2D eigenvalue weighted by Gasteiger charge is 2.11. The fourth-order valence-electron chi connectivity index (χ4n) is 7.39. The fourth-order valence-corrected chi connectivity index (χ4v) is 7.39. The van der Waals surface area contributed by atoms with Crippen LogP contribution in [0.25, 0.3) is 0 Å². The minimum atomic E-state index is -0.676. The van der Waals surface area contributed by atoms with Gasteiger partial charge in [0, 0.05) is 24.8 Å². The molecule has 0 fully saturated rings. The molecule has 0 amide bonds. The van der Waals surface area contributed by atoms with Crippen molar-refractivity contribution in [3.05, 3.63) is 23.8 Å². The van der Waals surface area contributed by atoms with Crippen LogP contribution in [0.4, 0.5) is 0 Å². The number of carboxylic acids is 2. The van der Waals surface area contributed by atoms with E-state index in [1.807, 2.05) is 32.3 Å². The Morgan fingerprint density at radius 3 is 1.21 bits per heavy atom. The number of unbranched alkanes of at least 4 members (excludes halogenated alkanes) is 28. The quantitative estimate of drug-likeness (QED) is 0.0489. The zero-order valence-electron chi connectivity index (χ0n) is 37.4. The molecule has 1 aromatic rings. The van der Waals surface area contributed by atoms with E-state index >= 15 is 0 Å². The number of rotatable bonds is 44. The zero-order valence-corrected chi connectivity index (χ0v) is 37.4. The number of carbonyl (C=O) groups excluding carboxylic acids is 1. The van der Waals surface area contributed by atoms with Crippen LogP contribution in [0.3, 0.4) is 0 Å². The molecule has 0 aliphatic rings. The Labute approximate surface area is 354 Å². The highest BCUT2D eigenvalue weighted by atomic mass is 16.5. The van der Waals surface area contributed by atoms with Crippen LogP contribution >= 0.6 is 0 Å². The van der Waals surface area contributed by atoms with Gasteiger partial charge in [0.25, 0.3) is 0 Å². The van der Waals surface area contributed by atoms with Gasteiger partial charge in [0.15, 0.2) is 0 Å². The van der Waals surface area contributed by atoms with Crippen molar-refractivity contribution in [2.45, 2.75) is 225 Å². The molecule has 1 aromatic carbocycles. The van der Waals surface area contributed by atoms with E-state index in [1.54, 1.807) is 0 Å². The Hall–Kier alpha value is -2.81. The van der Waals surface area contributed by atoms with E-state index in [0.29, 0.717) is 32.5 Å². The first-order valence-corrected chi connectivity index (χ1v) is 23.9. The maximum atomic E-state index is 12.5. The Morgan fingerprint density at radius 1 is 0.466 bits per heavy atom. The molecule has 2 N–H and O–H groups in total. The van der Waals surface area contributed by atoms with Crippen molar-refractivity contribution >= 4 is 17.9 Å². The summed E-state index contributed by atoms with van der Waals surface area (Å²) in [5.74, 6) is 0.0413. The van der Waals surface area contributed by atoms with Crippen molar-refractivity contribution in [1.82, 2.24) is 4.90 Å². The number of nitrogens with zero attached hydrogens (tertiary/aromatic N) is 1. The standard InChI is InChI=1S/C49H87NO8/c1-50(2)39-33-36-49(55)58-43-44-42-45(56-40-31-27-23-19-15-11-7-3-5-9-13-17-21-25-29-34-47(51)52)37-38-46(44)57-41-32-28-24-20-16-12-8-4-6-10-14-18-22-26-30-35-48(53)54/h37-38,42H,3-36,39-41,43H2,1-2H3,(H,51,52)(H,53,54). The molecular formula is C49H87NO8. The summed E-state index contributed by atoms with van der Waals surface area (Å²) >= 11 is 0. The molecule has 0 saturated carbocycles. The Kier molecular flexibility index (Phi) is 36.4. The van der Waals surface area contributed by atoms with Gasteiger partial charge in [0.2, 0.25) is 0 Å². The number of hydrogen-bond donors (Lipinski definition) is 2. The molecule has 0 aliphatic heterocycles. The average molecular weight is 818 g/mol. The number of carbonyl (C=O) groups is 3. The van der Waals surface area contributed by atoms with Gasteiger partial charge < -0.3 is 29.3 Å². The molecule has 0 aliphatic carbocycles. The molecule has 1 rings (SSSR count). The summed E-state index contributed by atoms with van der Waals surface area (Å²) in [6, 6.07) is 5.93. The zero-order chi connectivity index (χ0) is 42.2. The van der Waals surface area contributed by atoms with E-state index in [0.717, 1.165) is 75.0 Å². The number of benzene rings is 1. The molecule has 336 valence electrons. The van der Waals surface area contributed by atoms with Gasteiger partial charge in [-0.15, -0.1) is 0 Å². The Balaban J connectivity index is 2.20. The summed E-state index contributed by atoms with van der Waals surface area (Å²) in [7, 11) is 4.02. The van der Waals surface area contributed by atoms with E-state index in [-0.39, 0.29) is 12.6 Å². The lowest BCUT2D eigenvalue weighted by Gasteiger charge is -2.15.